The Balaban J connectivity index is 2.23. The molecule has 0 bridgehead atoms. The molecule has 24 heavy (non-hydrogen) atoms. The molecular weight excluding hydrogens is 354 g/mol. The fraction of sp³-hybridized carbons (Fsp3) is 0.250. The fourth-order valence-electron chi connectivity index (χ4n) is 2.09. The molecule has 0 fully saturated rings. The van der Waals surface area contributed by atoms with Gasteiger partial charge in [-0.1, -0.05) is 11.6 Å². The minimum Gasteiger partial charge on any atom is -0.497 e. The zero-order chi connectivity index (χ0) is 17.7. The zero-order valence-electron chi connectivity index (χ0n) is 13.5. The van der Waals surface area contributed by atoms with E-state index in [-0.39, 0.29) is 16.5 Å². The molecule has 0 unspecified atom stereocenters. The molecule has 0 heterocycles. The molecule has 2 aromatic carbocycles. The van der Waals surface area contributed by atoms with Gasteiger partial charge in [0.05, 0.1) is 31.2 Å². The van der Waals surface area contributed by atoms with Gasteiger partial charge in [-0.15, -0.1) is 0 Å². The highest BCUT2D eigenvalue weighted by Crippen LogP contribution is 2.28. The third-order valence-corrected chi connectivity index (χ3v) is 5.07. The van der Waals surface area contributed by atoms with E-state index in [0.717, 1.165) is 0 Å². The summed E-state index contributed by atoms with van der Waals surface area (Å²) in [6.45, 7) is 0.0480. The molecular formula is C16H18ClNO5S. The van der Waals surface area contributed by atoms with Crippen LogP contribution in [0.15, 0.2) is 41.3 Å². The predicted molar refractivity (Wildman–Crippen MR) is 91.6 cm³/mol. The molecule has 0 aliphatic rings. The summed E-state index contributed by atoms with van der Waals surface area (Å²) in [4.78, 5) is 0.0511. The predicted octanol–water partition coefficient (Wildman–Crippen LogP) is 2.84. The molecule has 0 saturated heterocycles. The first kappa shape index (κ1) is 18.4. The van der Waals surface area contributed by atoms with Gasteiger partial charge in [0.2, 0.25) is 10.0 Å². The van der Waals surface area contributed by atoms with Crippen LogP contribution in [0.1, 0.15) is 5.56 Å². The van der Waals surface area contributed by atoms with E-state index in [9.17, 15) is 8.42 Å². The minimum absolute atomic E-state index is 0.0480. The maximum absolute atomic E-state index is 12.4. The Kier molecular flexibility index (Phi) is 5.93. The van der Waals surface area contributed by atoms with Gasteiger partial charge in [-0.05, 0) is 36.4 Å². The second-order valence-electron chi connectivity index (χ2n) is 4.80. The summed E-state index contributed by atoms with van der Waals surface area (Å²) in [5.41, 5.74) is 0.653. The minimum atomic E-state index is -3.74. The topological polar surface area (TPSA) is 73.9 Å². The molecule has 0 atom stereocenters. The second-order valence-corrected chi connectivity index (χ2v) is 6.97. The summed E-state index contributed by atoms with van der Waals surface area (Å²) in [6.07, 6.45) is 0. The lowest BCUT2D eigenvalue weighted by Gasteiger charge is -2.12. The van der Waals surface area contributed by atoms with Gasteiger partial charge in [-0.2, -0.15) is 0 Å². The smallest absolute Gasteiger partial charge is 0.240 e. The Morgan fingerprint density at radius 2 is 1.62 bits per heavy atom. The number of hydrogen-bond donors (Lipinski definition) is 1. The summed E-state index contributed by atoms with van der Waals surface area (Å²) in [7, 11) is 0.778. The van der Waals surface area contributed by atoms with Crippen molar-refractivity contribution in [3.63, 3.8) is 0 Å². The molecule has 2 rings (SSSR count). The van der Waals surface area contributed by atoms with Crippen molar-refractivity contribution in [2.24, 2.45) is 0 Å². The lowest BCUT2D eigenvalue weighted by atomic mass is 10.2. The van der Waals surface area contributed by atoms with Crippen LogP contribution in [-0.2, 0) is 16.6 Å². The first-order chi connectivity index (χ1) is 11.4. The number of rotatable bonds is 7. The fourth-order valence-corrected chi connectivity index (χ4v) is 3.45. The summed E-state index contributed by atoms with van der Waals surface area (Å²) in [5, 5.41) is 0.222. The highest BCUT2D eigenvalue weighted by atomic mass is 35.5. The average Bonchev–Trinajstić information content (AvgIpc) is 2.59. The van der Waals surface area contributed by atoms with Gasteiger partial charge in [-0.3, -0.25) is 0 Å². The van der Waals surface area contributed by atoms with Gasteiger partial charge in [0.15, 0.2) is 0 Å². The SMILES string of the molecule is COc1ccc(OC)c(CNS(=O)(=O)c2ccc(OC)c(Cl)c2)c1. The standard InChI is InChI=1S/C16H18ClNO5S/c1-21-12-4-6-15(22-2)11(8-12)10-18-24(19,20)13-5-7-16(23-3)14(17)9-13/h4-9,18H,10H2,1-3H3. The van der Waals surface area contributed by atoms with E-state index < -0.39 is 10.0 Å². The van der Waals surface area contributed by atoms with Crippen LogP contribution >= 0.6 is 11.6 Å². The van der Waals surface area contributed by atoms with Gasteiger partial charge in [0.1, 0.15) is 17.2 Å². The van der Waals surface area contributed by atoms with E-state index in [1.54, 1.807) is 18.2 Å². The number of nitrogens with one attached hydrogen (secondary N) is 1. The van der Waals surface area contributed by atoms with Crippen LogP contribution < -0.4 is 18.9 Å². The van der Waals surface area contributed by atoms with Crippen LogP contribution in [0.2, 0.25) is 5.02 Å². The normalized spacial score (nSPS) is 11.2. The third-order valence-electron chi connectivity index (χ3n) is 3.37. The van der Waals surface area contributed by atoms with E-state index in [4.69, 9.17) is 25.8 Å². The monoisotopic (exact) mass is 371 g/mol. The Hall–Kier alpha value is -1.96. The van der Waals surface area contributed by atoms with Crippen molar-refractivity contribution in [3.05, 3.63) is 47.0 Å². The molecule has 8 heteroatoms. The molecule has 0 aromatic heterocycles. The van der Waals surface area contributed by atoms with Crippen molar-refractivity contribution >= 4 is 21.6 Å². The number of methoxy groups -OCH3 is 3. The number of halogens is 1. The highest BCUT2D eigenvalue weighted by molar-refractivity contribution is 7.89. The Bertz CT molecular complexity index is 823. The van der Waals surface area contributed by atoms with Crippen LogP contribution in [0.3, 0.4) is 0 Å². The van der Waals surface area contributed by atoms with Crippen molar-refractivity contribution in [2.45, 2.75) is 11.4 Å². The largest absolute Gasteiger partial charge is 0.497 e. The van der Waals surface area contributed by atoms with Gasteiger partial charge in [0.25, 0.3) is 0 Å². The maximum Gasteiger partial charge on any atom is 0.240 e. The first-order valence-corrected chi connectivity index (χ1v) is 8.81. The van der Waals surface area contributed by atoms with E-state index in [1.807, 2.05) is 0 Å². The molecule has 130 valence electrons. The molecule has 0 spiro atoms. The van der Waals surface area contributed by atoms with Crippen molar-refractivity contribution in [3.8, 4) is 17.2 Å². The van der Waals surface area contributed by atoms with Crippen molar-refractivity contribution in [2.75, 3.05) is 21.3 Å². The molecule has 0 amide bonds. The Morgan fingerprint density at radius 1 is 0.958 bits per heavy atom. The van der Waals surface area contributed by atoms with Gasteiger partial charge in [0, 0.05) is 12.1 Å². The van der Waals surface area contributed by atoms with Gasteiger partial charge < -0.3 is 14.2 Å². The lowest BCUT2D eigenvalue weighted by Crippen LogP contribution is -2.23. The molecule has 6 nitrogen and oxygen atoms in total. The van der Waals surface area contributed by atoms with E-state index in [2.05, 4.69) is 4.72 Å². The van der Waals surface area contributed by atoms with Crippen LogP contribution in [0, 0.1) is 0 Å². The first-order valence-electron chi connectivity index (χ1n) is 6.95. The van der Waals surface area contributed by atoms with E-state index in [0.29, 0.717) is 22.8 Å². The summed E-state index contributed by atoms with van der Waals surface area (Å²) < 4.78 is 42.8. The van der Waals surface area contributed by atoms with Crippen molar-refractivity contribution < 1.29 is 22.6 Å². The summed E-state index contributed by atoms with van der Waals surface area (Å²) in [6, 6.07) is 9.43. The van der Waals surface area contributed by atoms with E-state index in [1.165, 1.54) is 39.5 Å². The quantitative estimate of drug-likeness (QED) is 0.810. The third kappa shape index (κ3) is 4.11. The lowest BCUT2D eigenvalue weighted by molar-refractivity contribution is 0.398. The molecule has 0 aliphatic carbocycles. The Morgan fingerprint density at radius 3 is 2.21 bits per heavy atom. The van der Waals surface area contributed by atoms with Crippen LogP contribution in [-0.4, -0.2) is 29.7 Å². The van der Waals surface area contributed by atoms with Gasteiger partial charge >= 0.3 is 0 Å². The second kappa shape index (κ2) is 7.74. The summed E-state index contributed by atoms with van der Waals surface area (Å²) in [5.74, 6) is 1.58. The molecule has 1 N–H and O–H groups in total. The molecule has 0 saturated carbocycles. The van der Waals surface area contributed by atoms with Crippen molar-refractivity contribution in [1.29, 1.82) is 0 Å². The molecule has 2 aromatic rings. The number of ether oxygens (including phenoxy) is 3. The van der Waals surface area contributed by atoms with Gasteiger partial charge in [-0.25, -0.2) is 13.1 Å². The average molecular weight is 372 g/mol. The van der Waals surface area contributed by atoms with Crippen molar-refractivity contribution in [1.82, 2.24) is 4.72 Å². The summed E-state index contributed by atoms with van der Waals surface area (Å²) >= 11 is 5.99. The zero-order valence-corrected chi connectivity index (χ0v) is 15.1. The highest BCUT2D eigenvalue weighted by Gasteiger charge is 2.17. The van der Waals surface area contributed by atoms with Crippen LogP contribution in [0.25, 0.3) is 0 Å². The van der Waals surface area contributed by atoms with E-state index >= 15 is 0 Å². The molecule has 0 radical (unpaired) electrons. The Labute approximate surface area is 146 Å². The molecule has 0 aliphatic heterocycles. The number of sulfonamides is 1. The van der Waals surface area contributed by atoms with Crippen LogP contribution in [0.5, 0.6) is 17.2 Å². The maximum atomic E-state index is 12.4. The number of hydrogen-bond acceptors (Lipinski definition) is 5. The number of benzene rings is 2. The van der Waals surface area contributed by atoms with Crippen LogP contribution in [0.4, 0.5) is 0 Å².